The highest BCUT2D eigenvalue weighted by Crippen LogP contribution is 2.22. The summed E-state index contributed by atoms with van der Waals surface area (Å²) < 4.78 is 7.56. The van der Waals surface area contributed by atoms with Gasteiger partial charge in [0.25, 0.3) is 5.91 Å². The maximum atomic E-state index is 12.5. The predicted octanol–water partition coefficient (Wildman–Crippen LogP) is 3.30. The van der Waals surface area contributed by atoms with E-state index in [1.54, 1.807) is 0 Å². The average molecular weight is 424 g/mol. The van der Waals surface area contributed by atoms with Crippen molar-refractivity contribution in [2.45, 2.75) is 26.1 Å². The van der Waals surface area contributed by atoms with Gasteiger partial charge in [-0.2, -0.15) is 0 Å². The molecule has 2 atom stereocenters. The first kappa shape index (κ1) is 14.3. The van der Waals surface area contributed by atoms with E-state index in [0.29, 0.717) is 13.1 Å². The van der Waals surface area contributed by atoms with E-state index in [9.17, 15) is 4.79 Å². The average Bonchev–Trinajstić information content (AvgIpc) is 2.30. The highest BCUT2D eigenvalue weighted by Gasteiger charge is 2.27. The number of amides is 1. The van der Waals surface area contributed by atoms with Gasteiger partial charge in [0, 0.05) is 21.1 Å². The van der Waals surface area contributed by atoms with E-state index in [2.05, 4.69) is 38.5 Å². The van der Waals surface area contributed by atoms with Gasteiger partial charge in [-0.25, -0.2) is 0 Å². The Balaban J connectivity index is 2.22. The Labute approximate surface area is 129 Å². The largest absolute Gasteiger partial charge is 0.372 e. The smallest absolute Gasteiger partial charge is 0.255 e. The molecule has 98 valence electrons. The van der Waals surface area contributed by atoms with Gasteiger partial charge < -0.3 is 9.64 Å². The summed E-state index contributed by atoms with van der Waals surface area (Å²) >= 11 is 5.66. The van der Waals surface area contributed by atoms with E-state index in [1.807, 2.05) is 36.9 Å². The SMILES string of the molecule is CC1CN(C(=O)c2cc(I)ccc2Br)CC(C)O1. The van der Waals surface area contributed by atoms with Crippen molar-refractivity contribution in [1.29, 1.82) is 0 Å². The first-order valence-corrected chi connectivity index (χ1v) is 7.74. The van der Waals surface area contributed by atoms with Crippen LogP contribution < -0.4 is 0 Å². The zero-order valence-corrected chi connectivity index (χ0v) is 14.1. The fourth-order valence-corrected chi connectivity index (χ4v) is 3.08. The zero-order valence-electron chi connectivity index (χ0n) is 10.3. The van der Waals surface area contributed by atoms with E-state index < -0.39 is 0 Å². The molecule has 0 aromatic heterocycles. The minimum absolute atomic E-state index is 0.0717. The maximum Gasteiger partial charge on any atom is 0.255 e. The van der Waals surface area contributed by atoms with Crippen LogP contribution in [0.15, 0.2) is 22.7 Å². The lowest BCUT2D eigenvalue weighted by molar-refractivity contribution is -0.0586. The molecule has 1 aliphatic rings. The number of ether oxygens (including phenoxy) is 1. The highest BCUT2D eigenvalue weighted by molar-refractivity contribution is 14.1. The summed E-state index contributed by atoms with van der Waals surface area (Å²) in [5.41, 5.74) is 0.725. The van der Waals surface area contributed by atoms with Crippen LogP contribution in [0.5, 0.6) is 0 Å². The Bertz CT molecular complexity index is 456. The number of rotatable bonds is 1. The van der Waals surface area contributed by atoms with E-state index in [1.165, 1.54) is 0 Å². The van der Waals surface area contributed by atoms with Crippen LogP contribution in [-0.2, 0) is 4.74 Å². The van der Waals surface area contributed by atoms with Crippen LogP contribution in [0.3, 0.4) is 0 Å². The van der Waals surface area contributed by atoms with Crippen LogP contribution in [0.2, 0.25) is 0 Å². The summed E-state index contributed by atoms with van der Waals surface area (Å²) in [7, 11) is 0. The molecule has 3 nitrogen and oxygen atoms in total. The van der Waals surface area contributed by atoms with Crippen LogP contribution in [0.4, 0.5) is 0 Å². The second kappa shape index (κ2) is 5.88. The van der Waals surface area contributed by atoms with Gasteiger partial charge >= 0.3 is 0 Å². The first-order chi connectivity index (χ1) is 8.47. The van der Waals surface area contributed by atoms with Crippen molar-refractivity contribution in [1.82, 2.24) is 4.90 Å². The van der Waals surface area contributed by atoms with Crippen molar-refractivity contribution < 1.29 is 9.53 Å². The molecule has 2 unspecified atom stereocenters. The zero-order chi connectivity index (χ0) is 13.3. The lowest BCUT2D eigenvalue weighted by atomic mass is 10.1. The fourth-order valence-electron chi connectivity index (χ4n) is 2.18. The molecule has 1 heterocycles. The molecule has 1 fully saturated rings. The highest BCUT2D eigenvalue weighted by atomic mass is 127. The lowest BCUT2D eigenvalue weighted by Gasteiger charge is -2.35. The van der Waals surface area contributed by atoms with Crippen molar-refractivity contribution in [3.8, 4) is 0 Å². The molecular formula is C13H15BrINO2. The summed E-state index contributed by atoms with van der Waals surface area (Å²) in [4.78, 5) is 14.4. The Morgan fingerprint density at radius 3 is 2.61 bits per heavy atom. The third kappa shape index (κ3) is 3.24. The minimum atomic E-state index is 0.0717. The van der Waals surface area contributed by atoms with Gasteiger partial charge in [0.15, 0.2) is 0 Å². The Hall–Kier alpha value is -0.140. The van der Waals surface area contributed by atoms with Gasteiger partial charge in [-0.3, -0.25) is 4.79 Å². The monoisotopic (exact) mass is 423 g/mol. The van der Waals surface area contributed by atoms with Crippen LogP contribution in [0, 0.1) is 3.57 Å². The molecule has 0 radical (unpaired) electrons. The molecule has 18 heavy (non-hydrogen) atoms. The molecule has 0 N–H and O–H groups in total. The summed E-state index contributed by atoms with van der Waals surface area (Å²) in [6.45, 7) is 5.31. The van der Waals surface area contributed by atoms with Gasteiger partial charge in [0.05, 0.1) is 17.8 Å². The van der Waals surface area contributed by atoms with E-state index in [-0.39, 0.29) is 18.1 Å². The number of carbonyl (C=O) groups is 1. The van der Waals surface area contributed by atoms with Crippen molar-refractivity contribution in [2.24, 2.45) is 0 Å². The molecular weight excluding hydrogens is 409 g/mol. The molecule has 1 saturated heterocycles. The third-order valence-electron chi connectivity index (χ3n) is 2.87. The normalized spacial score (nSPS) is 24.1. The van der Waals surface area contributed by atoms with Gasteiger partial charge in [0.2, 0.25) is 0 Å². The minimum Gasteiger partial charge on any atom is -0.372 e. The predicted molar refractivity (Wildman–Crippen MR) is 82.8 cm³/mol. The molecule has 5 heteroatoms. The molecule has 1 aliphatic heterocycles. The van der Waals surface area contributed by atoms with E-state index >= 15 is 0 Å². The molecule has 0 spiro atoms. The quantitative estimate of drug-likeness (QED) is 0.648. The number of morpholine rings is 1. The second-order valence-corrected chi connectivity index (χ2v) is 6.69. The second-order valence-electron chi connectivity index (χ2n) is 4.59. The Kier molecular flexibility index (Phi) is 4.66. The number of hydrogen-bond donors (Lipinski definition) is 0. The van der Waals surface area contributed by atoms with Gasteiger partial charge in [-0.1, -0.05) is 0 Å². The standard InChI is InChI=1S/C13H15BrINO2/c1-8-6-16(7-9(2)18-8)13(17)11-5-10(15)3-4-12(11)14/h3-5,8-9H,6-7H2,1-2H3. The number of nitrogens with zero attached hydrogens (tertiary/aromatic N) is 1. The number of hydrogen-bond acceptors (Lipinski definition) is 2. The van der Waals surface area contributed by atoms with Crippen LogP contribution >= 0.6 is 38.5 Å². The number of halogens is 2. The lowest BCUT2D eigenvalue weighted by Crippen LogP contribution is -2.48. The summed E-state index contributed by atoms with van der Waals surface area (Å²) in [5.74, 6) is 0.0717. The molecule has 0 bridgehead atoms. The van der Waals surface area contributed by atoms with E-state index in [0.717, 1.165) is 13.6 Å². The molecule has 1 aromatic carbocycles. The molecule has 0 aliphatic carbocycles. The summed E-state index contributed by atoms with van der Waals surface area (Å²) in [6.07, 6.45) is 0.193. The Morgan fingerprint density at radius 1 is 1.39 bits per heavy atom. The molecule has 2 rings (SSSR count). The summed E-state index contributed by atoms with van der Waals surface area (Å²) in [5, 5.41) is 0. The van der Waals surface area contributed by atoms with Crippen molar-refractivity contribution in [3.63, 3.8) is 0 Å². The van der Waals surface area contributed by atoms with E-state index in [4.69, 9.17) is 4.74 Å². The first-order valence-electron chi connectivity index (χ1n) is 5.87. The van der Waals surface area contributed by atoms with Crippen LogP contribution in [0.25, 0.3) is 0 Å². The third-order valence-corrected chi connectivity index (χ3v) is 4.23. The van der Waals surface area contributed by atoms with Gasteiger partial charge in [0.1, 0.15) is 0 Å². The van der Waals surface area contributed by atoms with Crippen molar-refractivity contribution >= 4 is 44.4 Å². The van der Waals surface area contributed by atoms with Crippen molar-refractivity contribution in [2.75, 3.05) is 13.1 Å². The van der Waals surface area contributed by atoms with Gasteiger partial charge in [-0.05, 0) is 70.6 Å². The van der Waals surface area contributed by atoms with Crippen LogP contribution in [0.1, 0.15) is 24.2 Å². The van der Waals surface area contributed by atoms with Crippen molar-refractivity contribution in [3.05, 3.63) is 31.8 Å². The maximum absolute atomic E-state index is 12.5. The molecule has 1 aromatic rings. The van der Waals surface area contributed by atoms with Crippen LogP contribution in [-0.4, -0.2) is 36.1 Å². The number of carbonyl (C=O) groups excluding carboxylic acids is 1. The number of benzene rings is 1. The summed E-state index contributed by atoms with van der Waals surface area (Å²) in [6, 6.07) is 5.81. The van der Waals surface area contributed by atoms with Gasteiger partial charge in [-0.15, -0.1) is 0 Å². The molecule has 1 amide bonds. The fraction of sp³-hybridized carbons (Fsp3) is 0.462. The molecule has 0 saturated carbocycles. The topological polar surface area (TPSA) is 29.5 Å². The Morgan fingerprint density at radius 2 is 2.00 bits per heavy atom.